The Morgan fingerprint density at radius 2 is 2.00 bits per heavy atom. The molecule has 1 aliphatic carbocycles. The molecule has 0 radical (unpaired) electrons. The van der Waals surface area contributed by atoms with E-state index in [2.05, 4.69) is 37.1 Å². The van der Waals surface area contributed by atoms with E-state index in [0.29, 0.717) is 12.6 Å². The van der Waals surface area contributed by atoms with Crippen LogP contribution in [0.3, 0.4) is 0 Å². The maximum absolute atomic E-state index is 12.2. The first-order valence-corrected chi connectivity index (χ1v) is 7.99. The smallest absolute Gasteiger partial charge is 0.235 e. The van der Waals surface area contributed by atoms with Crippen molar-refractivity contribution in [2.24, 2.45) is 0 Å². The van der Waals surface area contributed by atoms with Crippen LogP contribution in [-0.2, 0) is 4.79 Å². The number of hydrogen-bond donors (Lipinski definition) is 1. The Hall–Kier alpha value is -1.08. The van der Waals surface area contributed by atoms with Crippen molar-refractivity contribution < 1.29 is 4.79 Å². The highest BCUT2D eigenvalue weighted by Gasteiger charge is 2.35. The highest BCUT2D eigenvalue weighted by Crippen LogP contribution is 2.28. The Bertz CT molecular complexity index is 340. The van der Waals surface area contributed by atoms with Crippen molar-refractivity contribution >= 4 is 5.91 Å². The van der Waals surface area contributed by atoms with Gasteiger partial charge in [0.1, 0.15) is 5.54 Å². The lowest BCUT2D eigenvalue weighted by Crippen LogP contribution is -2.50. The molecule has 4 nitrogen and oxygen atoms in total. The minimum absolute atomic E-state index is 0.00125. The Labute approximate surface area is 123 Å². The Morgan fingerprint density at radius 3 is 2.50 bits per heavy atom. The highest BCUT2D eigenvalue weighted by molar-refractivity contribution is 5.79. The summed E-state index contributed by atoms with van der Waals surface area (Å²) < 4.78 is 0. The maximum Gasteiger partial charge on any atom is 0.235 e. The zero-order chi connectivity index (χ0) is 15.0. The van der Waals surface area contributed by atoms with Gasteiger partial charge in [0, 0.05) is 6.04 Å². The Morgan fingerprint density at radius 1 is 1.35 bits per heavy atom. The second-order valence-electron chi connectivity index (χ2n) is 6.22. The van der Waals surface area contributed by atoms with Crippen molar-refractivity contribution in [1.82, 2.24) is 10.2 Å². The van der Waals surface area contributed by atoms with Crippen LogP contribution >= 0.6 is 0 Å². The lowest BCUT2D eigenvalue weighted by molar-refractivity contribution is -0.124. The molecule has 1 fully saturated rings. The summed E-state index contributed by atoms with van der Waals surface area (Å²) in [6.45, 7) is 7.79. The SMILES string of the molecule is CCCCCN(CC(=O)NC1(C#N)CCCC1)C(C)C. The molecule has 0 atom stereocenters. The first kappa shape index (κ1) is 17.0. The lowest BCUT2D eigenvalue weighted by atomic mass is 10.00. The topological polar surface area (TPSA) is 56.1 Å². The second-order valence-corrected chi connectivity index (χ2v) is 6.22. The van der Waals surface area contributed by atoms with Gasteiger partial charge >= 0.3 is 0 Å². The fraction of sp³-hybridized carbons (Fsp3) is 0.875. The first-order valence-electron chi connectivity index (χ1n) is 7.99. The van der Waals surface area contributed by atoms with Gasteiger partial charge in [-0.25, -0.2) is 0 Å². The van der Waals surface area contributed by atoms with Crippen LogP contribution in [-0.4, -0.2) is 35.5 Å². The molecule has 0 saturated heterocycles. The van der Waals surface area contributed by atoms with Crippen LogP contribution < -0.4 is 5.32 Å². The number of carbonyl (C=O) groups excluding carboxylic acids is 1. The van der Waals surface area contributed by atoms with Crippen LogP contribution in [0.1, 0.15) is 65.7 Å². The standard InChI is InChI=1S/C16H29N3O/c1-4-5-8-11-19(14(2)3)12-15(20)18-16(13-17)9-6-7-10-16/h14H,4-12H2,1-3H3,(H,18,20). The highest BCUT2D eigenvalue weighted by atomic mass is 16.2. The summed E-state index contributed by atoms with van der Waals surface area (Å²) in [4.78, 5) is 14.4. The number of nitriles is 1. The van der Waals surface area contributed by atoms with E-state index in [1.807, 2.05) is 0 Å². The zero-order valence-electron chi connectivity index (χ0n) is 13.2. The molecule has 1 N–H and O–H groups in total. The monoisotopic (exact) mass is 279 g/mol. The van der Waals surface area contributed by atoms with Gasteiger partial charge in [0.25, 0.3) is 0 Å². The number of rotatable bonds is 8. The van der Waals surface area contributed by atoms with Gasteiger partial charge < -0.3 is 5.32 Å². The van der Waals surface area contributed by atoms with E-state index in [-0.39, 0.29) is 5.91 Å². The third kappa shape index (κ3) is 5.13. The molecule has 1 rings (SSSR count). The molecule has 4 heteroatoms. The van der Waals surface area contributed by atoms with Crippen molar-refractivity contribution in [1.29, 1.82) is 5.26 Å². The van der Waals surface area contributed by atoms with Crippen LogP contribution in [0.25, 0.3) is 0 Å². The summed E-state index contributed by atoms with van der Waals surface area (Å²) in [5, 5.41) is 12.3. The van der Waals surface area contributed by atoms with E-state index in [4.69, 9.17) is 0 Å². The molecular weight excluding hydrogens is 250 g/mol. The largest absolute Gasteiger partial charge is 0.337 e. The minimum Gasteiger partial charge on any atom is -0.337 e. The molecule has 0 aliphatic heterocycles. The quantitative estimate of drug-likeness (QED) is 0.695. The fourth-order valence-electron chi connectivity index (χ4n) is 2.82. The molecule has 0 bridgehead atoms. The normalized spacial score (nSPS) is 17.4. The van der Waals surface area contributed by atoms with Crippen LogP contribution in [0.4, 0.5) is 0 Å². The number of nitrogens with zero attached hydrogens (tertiary/aromatic N) is 2. The molecule has 0 spiro atoms. The number of unbranched alkanes of at least 4 members (excludes halogenated alkanes) is 2. The average molecular weight is 279 g/mol. The molecule has 1 saturated carbocycles. The summed E-state index contributed by atoms with van der Waals surface area (Å²) in [7, 11) is 0. The van der Waals surface area contributed by atoms with E-state index in [9.17, 15) is 10.1 Å². The molecule has 114 valence electrons. The maximum atomic E-state index is 12.2. The molecule has 0 aromatic carbocycles. The molecule has 1 aliphatic rings. The summed E-state index contributed by atoms with van der Waals surface area (Å²) in [5.74, 6) is -0.00125. The third-order valence-corrected chi connectivity index (χ3v) is 4.18. The average Bonchev–Trinajstić information content (AvgIpc) is 2.86. The van der Waals surface area contributed by atoms with Gasteiger partial charge in [0.15, 0.2) is 0 Å². The lowest BCUT2D eigenvalue weighted by Gasteiger charge is -2.28. The van der Waals surface area contributed by atoms with Gasteiger partial charge in [0.2, 0.25) is 5.91 Å². The molecule has 0 aromatic heterocycles. The van der Waals surface area contributed by atoms with Gasteiger partial charge in [0.05, 0.1) is 12.6 Å². The van der Waals surface area contributed by atoms with Gasteiger partial charge in [-0.2, -0.15) is 5.26 Å². The van der Waals surface area contributed by atoms with E-state index in [0.717, 1.165) is 38.6 Å². The van der Waals surface area contributed by atoms with E-state index >= 15 is 0 Å². The van der Waals surface area contributed by atoms with Crippen LogP contribution in [0.2, 0.25) is 0 Å². The van der Waals surface area contributed by atoms with Crippen LogP contribution in [0.15, 0.2) is 0 Å². The predicted molar refractivity (Wildman–Crippen MR) is 81.2 cm³/mol. The molecular formula is C16H29N3O. The molecule has 20 heavy (non-hydrogen) atoms. The van der Waals surface area contributed by atoms with Crippen molar-refractivity contribution in [3.05, 3.63) is 0 Å². The summed E-state index contributed by atoms with van der Waals surface area (Å²) in [5.41, 5.74) is -0.594. The molecule has 0 aromatic rings. The number of nitrogens with one attached hydrogen (secondary N) is 1. The number of hydrogen-bond acceptors (Lipinski definition) is 3. The summed E-state index contributed by atoms with van der Waals surface area (Å²) in [6, 6.07) is 2.67. The van der Waals surface area contributed by atoms with Crippen LogP contribution in [0, 0.1) is 11.3 Å². The third-order valence-electron chi connectivity index (χ3n) is 4.18. The van der Waals surface area contributed by atoms with Gasteiger partial charge in [-0.15, -0.1) is 0 Å². The summed E-state index contributed by atoms with van der Waals surface area (Å²) >= 11 is 0. The van der Waals surface area contributed by atoms with Crippen molar-refractivity contribution in [2.45, 2.75) is 77.3 Å². The second kappa shape index (κ2) is 8.26. The fourth-order valence-corrected chi connectivity index (χ4v) is 2.82. The predicted octanol–water partition coefficient (Wildman–Crippen LogP) is 2.84. The number of amides is 1. The molecule has 1 amide bonds. The Balaban J connectivity index is 2.47. The van der Waals surface area contributed by atoms with E-state index in [1.54, 1.807) is 0 Å². The first-order chi connectivity index (χ1) is 9.53. The molecule has 0 heterocycles. The van der Waals surface area contributed by atoms with Crippen molar-refractivity contribution in [3.8, 4) is 6.07 Å². The van der Waals surface area contributed by atoms with Gasteiger partial charge in [-0.05, 0) is 52.5 Å². The van der Waals surface area contributed by atoms with E-state index < -0.39 is 5.54 Å². The van der Waals surface area contributed by atoms with Crippen molar-refractivity contribution in [3.63, 3.8) is 0 Å². The summed E-state index contributed by atoms with van der Waals surface area (Å²) in [6.07, 6.45) is 7.20. The van der Waals surface area contributed by atoms with Gasteiger partial charge in [-0.1, -0.05) is 19.8 Å². The van der Waals surface area contributed by atoms with Gasteiger partial charge in [-0.3, -0.25) is 9.69 Å². The number of carbonyl (C=O) groups is 1. The van der Waals surface area contributed by atoms with E-state index in [1.165, 1.54) is 12.8 Å². The minimum atomic E-state index is -0.594. The van der Waals surface area contributed by atoms with Crippen molar-refractivity contribution in [2.75, 3.05) is 13.1 Å². The Kier molecular flexibility index (Phi) is 7.01. The zero-order valence-corrected chi connectivity index (χ0v) is 13.2. The molecule has 0 unspecified atom stereocenters. The van der Waals surface area contributed by atoms with Crippen LogP contribution in [0.5, 0.6) is 0 Å².